The van der Waals surface area contributed by atoms with Crippen LogP contribution in [-0.4, -0.2) is 33.2 Å². The van der Waals surface area contributed by atoms with E-state index in [0.29, 0.717) is 27.1 Å². The van der Waals surface area contributed by atoms with Crippen LogP contribution in [0.2, 0.25) is 5.02 Å². The van der Waals surface area contributed by atoms with Gasteiger partial charge in [-0.25, -0.2) is 9.78 Å². The van der Waals surface area contributed by atoms with Crippen molar-refractivity contribution in [3.8, 4) is 11.3 Å². The van der Waals surface area contributed by atoms with E-state index < -0.39 is 18.5 Å². The molecule has 1 amide bonds. The summed E-state index contributed by atoms with van der Waals surface area (Å²) in [5, 5.41) is 8.46. The number of nitrogens with one attached hydrogen (secondary N) is 1. The van der Waals surface area contributed by atoms with E-state index in [-0.39, 0.29) is 0 Å². The summed E-state index contributed by atoms with van der Waals surface area (Å²) in [6.07, 6.45) is 0. The number of hydrogen-bond donors (Lipinski definition) is 1. The minimum Gasteiger partial charge on any atom is -0.451 e. The van der Waals surface area contributed by atoms with Gasteiger partial charge in [-0.1, -0.05) is 23.7 Å². The number of ether oxygens (including phenoxy) is 1. The molecule has 0 bridgehead atoms. The molecule has 0 aliphatic heterocycles. The SMILES string of the molecule is Cc1nc(C)c(C(=O)OCC(=O)Nc2cc(-c3ccc(Cl)cc3)nn2C)s1. The number of nitrogens with zero attached hydrogens (tertiary/aromatic N) is 3. The average Bonchev–Trinajstić information content (AvgIpc) is 3.15. The number of anilines is 1. The van der Waals surface area contributed by atoms with Gasteiger partial charge in [-0.05, 0) is 26.0 Å². The second-order valence-electron chi connectivity index (χ2n) is 5.82. The summed E-state index contributed by atoms with van der Waals surface area (Å²) in [6, 6.07) is 8.97. The van der Waals surface area contributed by atoms with Crippen molar-refractivity contribution in [2.75, 3.05) is 11.9 Å². The maximum Gasteiger partial charge on any atom is 0.350 e. The third-order valence-electron chi connectivity index (χ3n) is 3.71. The summed E-state index contributed by atoms with van der Waals surface area (Å²) in [7, 11) is 1.71. The highest BCUT2D eigenvalue weighted by Gasteiger charge is 2.17. The van der Waals surface area contributed by atoms with Crippen molar-refractivity contribution in [3.63, 3.8) is 0 Å². The number of thiazole rings is 1. The molecule has 3 aromatic rings. The van der Waals surface area contributed by atoms with Crippen molar-refractivity contribution in [2.24, 2.45) is 7.05 Å². The van der Waals surface area contributed by atoms with Gasteiger partial charge in [0.05, 0.1) is 16.4 Å². The Morgan fingerprint density at radius 1 is 1.26 bits per heavy atom. The van der Waals surface area contributed by atoms with Crippen LogP contribution >= 0.6 is 22.9 Å². The third-order valence-corrected chi connectivity index (χ3v) is 5.02. The molecule has 0 spiro atoms. The van der Waals surface area contributed by atoms with Crippen LogP contribution in [0.4, 0.5) is 5.82 Å². The van der Waals surface area contributed by atoms with Gasteiger partial charge < -0.3 is 10.1 Å². The fourth-order valence-corrected chi connectivity index (χ4v) is 3.38. The van der Waals surface area contributed by atoms with Crippen molar-refractivity contribution < 1.29 is 14.3 Å². The summed E-state index contributed by atoms with van der Waals surface area (Å²) in [6.45, 7) is 3.15. The first-order valence-electron chi connectivity index (χ1n) is 8.04. The molecule has 0 aliphatic carbocycles. The van der Waals surface area contributed by atoms with E-state index in [1.807, 2.05) is 19.1 Å². The topological polar surface area (TPSA) is 86.1 Å². The monoisotopic (exact) mass is 404 g/mol. The van der Waals surface area contributed by atoms with Gasteiger partial charge in [-0.2, -0.15) is 5.10 Å². The number of carbonyl (C=O) groups excluding carboxylic acids is 2. The van der Waals surface area contributed by atoms with Gasteiger partial charge in [0.2, 0.25) is 0 Å². The average molecular weight is 405 g/mol. The zero-order valence-corrected chi connectivity index (χ0v) is 16.5. The van der Waals surface area contributed by atoms with Gasteiger partial charge in [0.1, 0.15) is 10.7 Å². The van der Waals surface area contributed by atoms with Crippen LogP contribution in [0.3, 0.4) is 0 Å². The molecule has 0 fully saturated rings. The van der Waals surface area contributed by atoms with Crippen LogP contribution in [0.1, 0.15) is 20.4 Å². The van der Waals surface area contributed by atoms with Gasteiger partial charge in [-0.3, -0.25) is 9.48 Å². The van der Waals surface area contributed by atoms with Crippen LogP contribution in [0.5, 0.6) is 0 Å². The number of amides is 1. The van der Waals surface area contributed by atoms with Crippen LogP contribution in [0.15, 0.2) is 30.3 Å². The maximum atomic E-state index is 12.1. The van der Waals surface area contributed by atoms with E-state index in [1.165, 1.54) is 11.3 Å². The number of rotatable bonds is 5. The van der Waals surface area contributed by atoms with Gasteiger partial charge in [0, 0.05) is 23.7 Å². The van der Waals surface area contributed by atoms with E-state index in [0.717, 1.165) is 10.6 Å². The molecule has 0 saturated heterocycles. The Morgan fingerprint density at radius 3 is 2.59 bits per heavy atom. The van der Waals surface area contributed by atoms with Gasteiger partial charge in [-0.15, -0.1) is 11.3 Å². The molecule has 0 saturated carbocycles. The van der Waals surface area contributed by atoms with Crippen molar-refractivity contribution >= 4 is 40.6 Å². The summed E-state index contributed by atoms with van der Waals surface area (Å²) < 4.78 is 6.62. The van der Waals surface area contributed by atoms with E-state index >= 15 is 0 Å². The molecular weight excluding hydrogens is 388 g/mol. The molecule has 27 heavy (non-hydrogen) atoms. The minimum atomic E-state index is -0.555. The zero-order valence-electron chi connectivity index (χ0n) is 14.9. The Morgan fingerprint density at radius 2 is 1.96 bits per heavy atom. The number of halogens is 1. The van der Waals surface area contributed by atoms with Crippen molar-refractivity contribution in [3.05, 3.63) is 50.9 Å². The minimum absolute atomic E-state index is 0.392. The first kappa shape index (κ1) is 19.1. The van der Waals surface area contributed by atoms with Gasteiger partial charge >= 0.3 is 5.97 Å². The molecule has 0 aliphatic rings. The summed E-state index contributed by atoms with van der Waals surface area (Å²) in [4.78, 5) is 28.8. The summed E-state index contributed by atoms with van der Waals surface area (Å²) in [5.41, 5.74) is 2.16. The lowest BCUT2D eigenvalue weighted by Gasteiger charge is -2.06. The highest BCUT2D eigenvalue weighted by Crippen LogP contribution is 2.23. The Kier molecular flexibility index (Phi) is 5.57. The molecular formula is C18H17ClN4O3S. The second-order valence-corrected chi connectivity index (χ2v) is 7.46. The largest absolute Gasteiger partial charge is 0.451 e. The molecule has 0 atom stereocenters. The number of benzene rings is 1. The van der Waals surface area contributed by atoms with Crippen LogP contribution < -0.4 is 5.32 Å². The third kappa shape index (κ3) is 4.53. The van der Waals surface area contributed by atoms with Crippen LogP contribution in [-0.2, 0) is 16.6 Å². The fourth-order valence-electron chi connectivity index (χ4n) is 2.44. The normalized spacial score (nSPS) is 10.7. The predicted molar refractivity (Wildman–Crippen MR) is 104 cm³/mol. The van der Waals surface area contributed by atoms with E-state index in [2.05, 4.69) is 15.4 Å². The molecule has 7 nitrogen and oxygen atoms in total. The quantitative estimate of drug-likeness (QED) is 0.656. The van der Waals surface area contributed by atoms with Crippen molar-refractivity contribution in [1.82, 2.24) is 14.8 Å². The molecule has 2 aromatic heterocycles. The van der Waals surface area contributed by atoms with E-state index in [4.69, 9.17) is 16.3 Å². The molecule has 140 valence electrons. The molecule has 9 heteroatoms. The Bertz CT molecular complexity index is 995. The van der Waals surface area contributed by atoms with Crippen LogP contribution in [0, 0.1) is 13.8 Å². The second kappa shape index (κ2) is 7.89. The summed E-state index contributed by atoms with van der Waals surface area (Å²) in [5.74, 6) is -0.515. The number of aromatic nitrogens is 3. The predicted octanol–water partition coefficient (Wildman–Crippen LogP) is 3.61. The zero-order chi connectivity index (χ0) is 19.6. The van der Waals surface area contributed by atoms with Crippen molar-refractivity contribution in [1.29, 1.82) is 0 Å². The lowest BCUT2D eigenvalue weighted by atomic mass is 10.1. The lowest BCUT2D eigenvalue weighted by molar-refractivity contribution is -0.119. The van der Waals surface area contributed by atoms with Gasteiger partial charge in [0.15, 0.2) is 6.61 Å². The van der Waals surface area contributed by atoms with Crippen LogP contribution in [0.25, 0.3) is 11.3 Å². The lowest BCUT2D eigenvalue weighted by Crippen LogP contribution is -2.22. The van der Waals surface area contributed by atoms with Gasteiger partial charge in [0.25, 0.3) is 5.91 Å². The molecule has 0 unspecified atom stereocenters. The van der Waals surface area contributed by atoms with Crippen molar-refractivity contribution in [2.45, 2.75) is 13.8 Å². The highest BCUT2D eigenvalue weighted by molar-refractivity contribution is 7.13. The Labute approximate surface area is 164 Å². The number of hydrogen-bond acceptors (Lipinski definition) is 6. The molecule has 0 radical (unpaired) electrons. The molecule has 1 aromatic carbocycles. The first-order valence-corrected chi connectivity index (χ1v) is 9.24. The number of carbonyl (C=O) groups is 2. The Balaban J connectivity index is 1.62. The number of esters is 1. The summed E-state index contributed by atoms with van der Waals surface area (Å²) >= 11 is 7.13. The Hall–Kier alpha value is -2.71. The number of aryl methyl sites for hydroxylation is 3. The first-order chi connectivity index (χ1) is 12.8. The van der Waals surface area contributed by atoms with E-state index in [9.17, 15) is 9.59 Å². The molecule has 2 heterocycles. The maximum absolute atomic E-state index is 12.1. The smallest absolute Gasteiger partial charge is 0.350 e. The fraction of sp³-hybridized carbons (Fsp3) is 0.222. The highest BCUT2D eigenvalue weighted by atomic mass is 35.5. The standard InChI is InChI=1S/C18H17ClN4O3S/c1-10-17(27-11(2)20-10)18(25)26-9-16(24)21-15-8-14(22-23(15)3)12-4-6-13(19)7-5-12/h4-8H,9H2,1-3H3,(H,21,24). The van der Waals surface area contributed by atoms with E-state index in [1.54, 1.807) is 36.9 Å². The molecule has 1 N–H and O–H groups in total. The molecule has 3 rings (SSSR count).